The molecule has 1 aromatic heterocycles. The second kappa shape index (κ2) is 7.06. The molecule has 0 saturated carbocycles. The molecule has 1 aromatic carbocycles. The summed E-state index contributed by atoms with van der Waals surface area (Å²) in [6.45, 7) is 13.2. The van der Waals surface area contributed by atoms with Crippen LogP contribution in [0.15, 0.2) is 23.5 Å². The third-order valence-electron chi connectivity index (χ3n) is 5.30. The number of nitrogens with zero attached hydrogens (tertiary/aromatic N) is 4. The number of hydrogen-bond acceptors (Lipinski definition) is 3. The van der Waals surface area contributed by atoms with E-state index in [2.05, 4.69) is 6.58 Å². The molecule has 1 fully saturated rings. The zero-order valence-electron chi connectivity index (χ0n) is 16.4. The highest BCUT2D eigenvalue weighted by molar-refractivity contribution is 5.84. The summed E-state index contributed by atoms with van der Waals surface area (Å²) in [6, 6.07) is 3.92. The highest BCUT2D eigenvalue weighted by Crippen LogP contribution is 2.21. The normalized spacial score (nSPS) is 14.7. The topological polar surface area (TPSA) is 67.6 Å². The summed E-state index contributed by atoms with van der Waals surface area (Å²) in [5.74, 6) is -0.0898. The van der Waals surface area contributed by atoms with Crippen LogP contribution in [0.2, 0.25) is 0 Å². The van der Waals surface area contributed by atoms with Gasteiger partial charge in [0.1, 0.15) is 6.54 Å². The van der Waals surface area contributed by atoms with E-state index in [0.29, 0.717) is 31.9 Å². The summed E-state index contributed by atoms with van der Waals surface area (Å²) < 4.78 is 3.08. The van der Waals surface area contributed by atoms with Gasteiger partial charge in [-0.25, -0.2) is 4.79 Å². The molecule has 1 aliphatic rings. The molecule has 3 rings (SSSR count). The van der Waals surface area contributed by atoms with Crippen molar-refractivity contribution in [2.45, 2.75) is 34.2 Å². The molecule has 2 aromatic rings. The van der Waals surface area contributed by atoms with Gasteiger partial charge in [-0.2, -0.15) is 0 Å². The standard InChI is InChI=1S/C20H26N4O3/c1-13(2)24-18-11-15(4)14(3)10-17(18)23(20(24)27)12-19(26)22-8-6-21(7-9-22)16(5)25/h10-11H,1,6-9,12H2,2-5H3. The lowest BCUT2D eigenvalue weighted by atomic mass is 10.1. The molecule has 0 atom stereocenters. The smallest absolute Gasteiger partial charge is 0.333 e. The number of benzene rings is 1. The molecule has 1 saturated heterocycles. The zero-order valence-corrected chi connectivity index (χ0v) is 16.4. The van der Waals surface area contributed by atoms with Crippen LogP contribution in [0, 0.1) is 13.8 Å². The van der Waals surface area contributed by atoms with Crippen LogP contribution in [0.3, 0.4) is 0 Å². The molecular weight excluding hydrogens is 344 g/mol. The van der Waals surface area contributed by atoms with Crippen molar-refractivity contribution < 1.29 is 9.59 Å². The van der Waals surface area contributed by atoms with Crippen molar-refractivity contribution in [1.82, 2.24) is 18.9 Å². The maximum absolute atomic E-state index is 13.0. The second-order valence-electron chi connectivity index (χ2n) is 7.25. The van der Waals surface area contributed by atoms with E-state index >= 15 is 0 Å². The number of rotatable bonds is 3. The number of piperazine rings is 1. The summed E-state index contributed by atoms with van der Waals surface area (Å²) in [5, 5.41) is 0. The highest BCUT2D eigenvalue weighted by Gasteiger charge is 2.24. The molecule has 7 nitrogen and oxygen atoms in total. The van der Waals surface area contributed by atoms with Crippen molar-refractivity contribution in [3.63, 3.8) is 0 Å². The number of fused-ring (bicyclic) bond motifs is 1. The molecule has 2 amide bonds. The predicted octanol–water partition coefficient (Wildman–Crippen LogP) is 1.60. The van der Waals surface area contributed by atoms with Crippen LogP contribution < -0.4 is 5.69 Å². The van der Waals surface area contributed by atoms with Crippen LogP contribution in [0.4, 0.5) is 0 Å². The van der Waals surface area contributed by atoms with E-state index < -0.39 is 0 Å². The first kappa shape index (κ1) is 18.9. The quantitative estimate of drug-likeness (QED) is 0.824. The van der Waals surface area contributed by atoms with Gasteiger partial charge in [-0.1, -0.05) is 6.58 Å². The van der Waals surface area contributed by atoms with Crippen molar-refractivity contribution in [3.05, 3.63) is 40.3 Å². The van der Waals surface area contributed by atoms with E-state index in [9.17, 15) is 14.4 Å². The SMILES string of the molecule is C=C(C)n1c(=O)n(CC(=O)N2CCN(C(C)=O)CC2)c2cc(C)c(C)cc21. The Kier molecular flexibility index (Phi) is 4.95. The number of carbonyl (C=O) groups is 2. The maximum atomic E-state index is 13.0. The summed E-state index contributed by atoms with van der Waals surface area (Å²) >= 11 is 0. The first-order chi connectivity index (χ1) is 12.7. The number of aromatic nitrogens is 2. The molecule has 0 aliphatic carbocycles. The molecular formula is C20H26N4O3. The van der Waals surface area contributed by atoms with Gasteiger partial charge in [0.15, 0.2) is 0 Å². The van der Waals surface area contributed by atoms with Gasteiger partial charge in [0, 0.05) is 38.8 Å². The molecule has 0 N–H and O–H groups in total. The van der Waals surface area contributed by atoms with Gasteiger partial charge in [0.25, 0.3) is 0 Å². The van der Waals surface area contributed by atoms with E-state index in [4.69, 9.17) is 0 Å². The van der Waals surface area contributed by atoms with Crippen LogP contribution in [0.25, 0.3) is 16.7 Å². The van der Waals surface area contributed by atoms with Crippen molar-refractivity contribution in [2.75, 3.05) is 26.2 Å². The van der Waals surface area contributed by atoms with Gasteiger partial charge in [-0.05, 0) is 44.0 Å². The fraction of sp³-hybridized carbons (Fsp3) is 0.450. The summed E-state index contributed by atoms with van der Waals surface area (Å²) in [5.41, 5.74) is 4.03. The minimum atomic E-state index is -0.252. The monoisotopic (exact) mass is 370 g/mol. The van der Waals surface area contributed by atoms with Gasteiger partial charge >= 0.3 is 5.69 Å². The van der Waals surface area contributed by atoms with E-state index in [0.717, 1.165) is 22.2 Å². The lowest BCUT2D eigenvalue weighted by Gasteiger charge is -2.34. The van der Waals surface area contributed by atoms with Crippen molar-refractivity contribution in [2.24, 2.45) is 0 Å². The Bertz CT molecular complexity index is 991. The number of imidazole rings is 1. The molecule has 0 bridgehead atoms. The lowest BCUT2D eigenvalue weighted by molar-refractivity contribution is -0.138. The lowest BCUT2D eigenvalue weighted by Crippen LogP contribution is -2.51. The van der Waals surface area contributed by atoms with E-state index in [1.165, 1.54) is 11.5 Å². The molecule has 1 aliphatic heterocycles. The number of aryl methyl sites for hydroxylation is 2. The number of hydrogen-bond donors (Lipinski definition) is 0. The van der Waals surface area contributed by atoms with Crippen molar-refractivity contribution in [1.29, 1.82) is 0 Å². The van der Waals surface area contributed by atoms with Gasteiger partial charge < -0.3 is 9.80 Å². The molecule has 7 heteroatoms. The summed E-state index contributed by atoms with van der Waals surface area (Å²) in [6.07, 6.45) is 0. The first-order valence-electron chi connectivity index (χ1n) is 9.12. The fourth-order valence-electron chi connectivity index (χ4n) is 3.54. The number of carbonyl (C=O) groups excluding carboxylic acids is 2. The number of amides is 2. The minimum Gasteiger partial charge on any atom is -0.339 e. The molecule has 27 heavy (non-hydrogen) atoms. The second-order valence-corrected chi connectivity index (χ2v) is 7.25. The van der Waals surface area contributed by atoms with Crippen molar-refractivity contribution in [3.8, 4) is 0 Å². The van der Waals surface area contributed by atoms with E-state index in [1.807, 2.05) is 26.0 Å². The Morgan fingerprint density at radius 3 is 2.00 bits per heavy atom. The van der Waals surface area contributed by atoms with Gasteiger partial charge in [0.2, 0.25) is 11.8 Å². The van der Waals surface area contributed by atoms with Crippen LogP contribution in [0.1, 0.15) is 25.0 Å². The molecule has 0 spiro atoms. The molecule has 0 radical (unpaired) electrons. The maximum Gasteiger partial charge on any atom is 0.333 e. The van der Waals surface area contributed by atoms with E-state index in [1.54, 1.807) is 21.3 Å². The first-order valence-corrected chi connectivity index (χ1v) is 9.12. The largest absolute Gasteiger partial charge is 0.339 e. The van der Waals surface area contributed by atoms with Gasteiger partial charge in [0.05, 0.1) is 11.0 Å². The average Bonchev–Trinajstić information content (AvgIpc) is 2.87. The molecule has 144 valence electrons. The Labute approximate surface area is 158 Å². The van der Waals surface area contributed by atoms with Gasteiger partial charge in [-0.3, -0.25) is 18.7 Å². The third-order valence-corrected chi connectivity index (χ3v) is 5.30. The minimum absolute atomic E-state index is 0.0157. The Balaban J connectivity index is 1.93. The fourth-order valence-corrected chi connectivity index (χ4v) is 3.54. The predicted molar refractivity (Wildman–Crippen MR) is 106 cm³/mol. The number of allylic oxidation sites excluding steroid dienone is 1. The van der Waals surface area contributed by atoms with Crippen LogP contribution >= 0.6 is 0 Å². The van der Waals surface area contributed by atoms with Crippen LogP contribution in [-0.2, 0) is 16.1 Å². The third kappa shape index (κ3) is 3.41. The Hall–Kier alpha value is -2.83. The molecule has 2 heterocycles. The van der Waals surface area contributed by atoms with E-state index in [-0.39, 0.29) is 24.0 Å². The molecule has 0 unspecified atom stereocenters. The average molecular weight is 370 g/mol. The van der Waals surface area contributed by atoms with Gasteiger partial charge in [-0.15, -0.1) is 0 Å². The van der Waals surface area contributed by atoms with Crippen molar-refractivity contribution >= 4 is 28.5 Å². The van der Waals surface area contributed by atoms with Crippen LogP contribution in [0.5, 0.6) is 0 Å². The Morgan fingerprint density at radius 1 is 0.963 bits per heavy atom. The van der Waals surface area contributed by atoms with Crippen LogP contribution in [-0.4, -0.2) is 56.9 Å². The highest BCUT2D eigenvalue weighted by atomic mass is 16.2. The summed E-state index contributed by atoms with van der Waals surface area (Å²) in [7, 11) is 0. The summed E-state index contributed by atoms with van der Waals surface area (Å²) in [4.78, 5) is 40.7. The zero-order chi connectivity index (χ0) is 19.9. The Morgan fingerprint density at radius 2 is 1.48 bits per heavy atom.